The summed E-state index contributed by atoms with van der Waals surface area (Å²) in [5.74, 6) is 3.59. The van der Waals surface area contributed by atoms with E-state index in [1.54, 1.807) is 14.2 Å². The monoisotopic (exact) mass is 453 g/mol. The third kappa shape index (κ3) is 5.69. The topological polar surface area (TPSA) is 71.5 Å². The van der Waals surface area contributed by atoms with Crippen LogP contribution in [0.25, 0.3) is 0 Å². The van der Waals surface area contributed by atoms with Gasteiger partial charge in [-0.15, -0.1) is 0 Å². The largest absolute Gasteiger partial charge is 0.497 e. The fraction of sp³-hybridized carbons (Fsp3) is 0.615. The molecule has 4 rings (SSSR count). The molecule has 1 aromatic carbocycles. The second kappa shape index (κ2) is 11.1. The van der Waals surface area contributed by atoms with E-state index >= 15 is 0 Å². The van der Waals surface area contributed by atoms with Gasteiger partial charge in [0.2, 0.25) is 5.95 Å². The van der Waals surface area contributed by atoms with Crippen LogP contribution in [-0.2, 0) is 19.3 Å². The Labute approximate surface area is 198 Å². The van der Waals surface area contributed by atoms with Crippen LogP contribution in [-0.4, -0.2) is 56.9 Å². The van der Waals surface area contributed by atoms with Crippen LogP contribution in [0.2, 0.25) is 0 Å². The molecule has 1 saturated carbocycles. The van der Waals surface area contributed by atoms with Crippen molar-refractivity contribution in [2.75, 3.05) is 45.1 Å². The molecule has 7 heteroatoms. The molecular formula is C26H39N5O2. The first kappa shape index (κ1) is 23.6. The summed E-state index contributed by atoms with van der Waals surface area (Å²) in [5, 5.41) is 7.07. The molecule has 0 radical (unpaired) electrons. The third-order valence-electron chi connectivity index (χ3n) is 7.23. The molecule has 7 nitrogen and oxygen atoms in total. The summed E-state index contributed by atoms with van der Waals surface area (Å²) < 4.78 is 10.8. The van der Waals surface area contributed by atoms with Crippen LogP contribution in [0.4, 0.5) is 11.8 Å². The smallest absolute Gasteiger partial charge is 0.227 e. The van der Waals surface area contributed by atoms with E-state index in [0.717, 1.165) is 61.9 Å². The van der Waals surface area contributed by atoms with Crippen LogP contribution in [0.3, 0.4) is 0 Å². The average molecular weight is 454 g/mol. The molecule has 1 heterocycles. The molecule has 2 N–H and O–H groups in total. The molecular weight excluding hydrogens is 414 g/mol. The summed E-state index contributed by atoms with van der Waals surface area (Å²) in [5.41, 5.74) is 3.80. The first-order chi connectivity index (χ1) is 16.1. The molecule has 0 unspecified atom stereocenters. The summed E-state index contributed by atoms with van der Waals surface area (Å²) in [4.78, 5) is 12.2. The number of aromatic nitrogens is 2. The van der Waals surface area contributed by atoms with Crippen molar-refractivity contribution in [3.63, 3.8) is 0 Å². The number of methoxy groups -OCH3 is 2. The summed E-state index contributed by atoms with van der Waals surface area (Å²) in [6.45, 7) is 0.959. The van der Waals surface area contributed by atoms with Gasteiger partial charge in [0.05, 0.1) is 19.9 Å². The van der Waals surface area contributed by atoms with Gasteiger partial charge >= 0.3 is 0 Å². The van der Waals surface area contributed by atoms with E-state index < -0.39 is 0 Å². The van der Waals surface area contributed by atoms with Crippen molar-refractivity contribution in [2.45, 2.75) is 69.9 Å². The summed E-state index contributed by atoms with van der Waals surface area (Å²) in [6.07, 6.45) is 10.3. The van der Waals surface area contributed by atoms with Crippen molar-refractivity contribution < 1.29 is 9.47 Å². The van der Waals surface area contributed by atoms with Gasteiger partial charge in [0.25, 0.3) is 0 Å². The first-order valence-electron chi connectivity index (χ1n) is 12.4. The highest BCUT2D eigenvalue weighted by Gasteiger charge is 2.27. The van der Waals surface area contributed by atoms with Gasteiger partial charge in [0.15, 0.2) is 0 Å². The molecule has 0 aliphatic heterocycles. The Morgan fingerprint density at radius 1 is 0.970 bits per heavy atom. The lowest BCUT2D eigenvalue weighted by Gasteiger charge is -2.35. The van der Waals surface area contributed by atoms with Crippen LogP contribution in [0.15, 0.2) is 18.2 Å². The first-order valence-corrected chi connectivity index (χ1v) is 12.4. The van der Waals surface area contributed by atoms with Crippen LogP contribution < -0.4 is 25.0 Å². The molecule has 1 fully saturated rings. The summed E-state index contributed by atoms with van der Waals surface area (Å²) in [6, 6.07) is 7.17. The molecule has 0 spiro atoms. The number of ether oxygens (including phenoxy) is 2. The number of rotatable bonds is 9. The zero-order chi connectivity index (χ0) is 23.2. The Kier molecular flexibility index (Phi) is 7.91. The Balaban J connectivity index is 1.28. The standard InChI is InChI=1S/C26H39N5O2/c1-27-25-23-7-5-6-8-24(23)29-26(30-25)31(2)20-11-9-19(10-12-20)28-14-13-18-15-21(32-3)17-22(16-18)33-4/h15-17,19-20,28H,5-14H2,1-4H3,(H,27,29,30). The number of nitrogens with zero attached hydrogens (tertiary/aromatic N) is 3. The lowest BCUT2D eigenvalue weighted by Crippen LogP contribution is -2.42. The van der Waals surface area contributed by atoms with Gasteiger partial charge in [-0.1, -0.05) is 0 Å². The van der Waals surface area contributed by atoms with Crippen LogP contribution in [0.5, 0.6) is 11.5 Å². The van der Waals surface area contributed by atoms with Crippen molar-refractivity contribution in [1.82, 2.24) is 15.3 Å². The third-order valence-corrected chi connectivity index (χ3v) is 7.23. The van der Waals surface area contributed by atoms with Crippen molar-refractivity contribution in [3.8, 4) is 11.5 Å². The van der Waals surface area contributed by atoms with Gasteiger partial charge in [-0.2, -0.15) is 4.98 Å². The van der Waals surface area contributed by atoms with Crippen molar-refractivity contribution >= 4 is 11.8 Å². The van der Waals surface area contributed by atoms with Gasteiger partial charge in [0, 0.05) is 37.8 Å². The zero-order valence-corrected chi connectivity index (χ0v) is 20.6. The van der Waals surface area contributed by atoms with Crippen LogP contribution in [0, 0.1) is 0 Å². The molecule has 2 aliphatic rings. The average Bonchev–Trinajstić information content (AvgIpc) is 2.87. The molecule has 33 heavy (non-hydrogen) atoms. The van der Waals surface area contributed by atoms with E-state index in [0.29, 0.717) is 12.1 Å². The lowest BCUT2D eigenvalue weighted by atomic mass is 9.90. The molecule has 1 aromatic heterocycles. The number of nitrogens with one attached hydrogen (secondary N) is 2. The van der Waals surface area contributed by atoms with Crippen molar-refractivity contribution in [1.29, 1.82) is 0 Å². The van der Waals surface area contributed by atoms with Gasteiger partial charge < -0.3 is 25.0 Å². The van der Waals surface area contributed by atoms with Crippen LogP contribution >= 0.6 is 0 Å². The highest BCUT2D eigenvalue weighted by Crippen LogP contribution is 2.30. The summed E-state index contributed by atoms with van der Waals surface area (Å²) in [7, 11) is 7.53. The van der Waals surface area contributed by atoms with E-state index in [1.165, 1.54) is 42.5 Å². The van der Waals surface area contributed by atoms with E-state index in [1.807, 2.05) is 13.1 Å². The highest BCUT2D eigenvalue weighted by atomic mass is 16.5. The van der Waals surface area contributed by atoms with Gasteiger partial charge in [-0.25, -0.2) is 4.98 Å². The maximum Gasteiger partial charge on any atom is 0.227 e. The van der Waals surface area contributed by atoms with Crippen LogP contribution in [0.1, 0.15) is 55.3 Å². The van der Waals surface area contributed by atoms with E-state index in [9.17, 15) is 0 Å². The maximum absolute atomic E-state index is 5.39. The minimum Gasteiger partial charge on any atom is -0.497 e. The highest BCUT2D eigenvalue weighted by molar-refractivity contribution is 5.52. The molecule has 0 saturated heterocycles. The number of benzene rings is 1. The molecule has 0 atom stereocenters. The zero-order valence-electron chi connectivity index (χ0n) is 20.6. The molecule has 0 bridgehead atoms. The van der Waals surface area contributed by atoms with E-state index in [-0.39, 0.29) is 0 Å². The van der Waals surface area contributed by atoms with E-state index in [2.05, 4.69) is 34.7 Å². The lowest BCUT2D eigenvalue weighted by molar-refractivity contribution is 0.336. The quantitative estimate of drug-likeness (QED) is 0.595. The predicted octanol–water partition coefficient (Wildman–Crippen LogP) is 3.99. The van der Waals surface area contributed by atoms with Crippen molar-refractivity contribution in [3.05, 3.63) is 35.0 Å². The number of hydrogen-bond acceptors (Lipinski definition) is 7. The van der Waals surface area contributed by atoms with Gasteiger partial charge in [-0.05, 0) is 82.0 Å². The Bertz CT molecular complexity index is 888. The van der Waals surface area contributed by atoms with Gasteiger partial charge in [0.1, 0.15) is 17.3 Å². The molecule has 2 aromatic rings. The Hall–Kier alpha value is -2.54. The van der Waals surface area contributed by atoms with Gasteiger partial charge in [-0.3, -0.25) is 0 Å². The van der Waals surface area contributed by atoms with Crippen molar-refractivity contribution in [2.24, 2.45) is 0 Å². The normalized spacial score (nSPS) is 20.1. The molecule has 0 amide bonds. The summed E-state index contributed by atoms with van der Waals surface area (Å²) >= 11 is 0. The number of hydrogen-bond donors (Lipinski definition) is 2. The minimum atomic E-state index is 0.497. The second-order valence-electron chi connectivity index (χ2n) is 9.30. The fourth-order valence-corrected chi connectivity index (χ4v) is 5.21. The molecule has 2 aliphatic carbocycles. The minimum absolute atomic E-state index is 0.497. The predicted molar refractivity (Wildman–Crippen MR) is 134 cm³/mol. The maximum atomic E-state index is 5.39. The SMILES string of the molecule is CNc1nc(N(C)C2CCC(NCCc3cc(OC)cc(OC)c3)CC2)nc2c1CCCC2. The Morgan fingerprint density at radius 2 is 1.67 bits per heavy atom. The van der Waals surface area contributed by atoms with E-state index in [4.69, 9.17) is 19.4 Å². The Morgan fingerprint density at radius 3 is 2.33 bits per heavy atom. The second-order valence-corrected chi connectivity index (χ2v) is 9.30. The fourth-order valence-electron chi connectivity index (χ4n) is 5.21. The number of fused-ring (bicyclic) bond motifs is 1. The number of aryl methyl sites for hydroxylation is 1. The molecule has 180 valence electrons. The number of anilines is 2.